The van der Waals surface area contributed by atoms with Gasteiger partial charge in [-0.1, -0.05) is 18.2 Å². The van der Waals surface area contributed by atoms with Crippen molar-refractivity contribution in [2.45, 2.75) is 0 Å². The van der Waals surface area contributed by atoms with Crippen LogP contribution < -0.4 is 0 Å². The molecule has 0 aliphatic rings. The van der Waals surface area contributed by atoms with Crippen molar-refractivity contribution < 1.29 is 10.2 Å². The summed E-state index contributed by atoms with van der Waals surface area (Å²) in [5.41, 5.74) is 1.82. The SMILES string of the molecule is Oc1cc2[nH]c3ccccc3c2cc1O. The Morgan fingerprint density at radius 1 is 0.800 bits per heavy atom. The normalized spacial score (nSPS) is 11.2. The van der Waals surface area contributed by atoms with Crippen LogP contribution in [0.5, 0.6) is 11.5 Å². The van der Waals surface area contributed by atoms with E-state index in [1.165, 1.54) is 6.07 Å². The van der Waals surface area contributed by atoms with E-state index in [1.54, 1.807) is 6.07 Å². The van der Waals surface area contributed by atoms with Gasteiger partial charge < -0.3 is 15.2 Å². The fraction of sp³-hybridized carbons (Fsp3) is 0. The summed E-state index contributed by atoms with van der Waals surface area (Å²) in [5.74, 6) is -0.193. The quantitative estimate of drug-likeness (QED) is 0.487. The van der Waals surface area contributed by atoms with Gasteiger partial charge in [-0.2, -0.15) is 0 Å². The Hall–Kier alpha value is -2.16. The first kappa shape index (κ1) is 8.17. The number of rotatable bonds is 0. The number of nitrogens with one attached hydrogen (secondary N) is 1. The molecule has 0 unspecified atom stereocenters. The van der Waals surface area contributed by atoms with E-state index < -0.39 is 0 Å². The molecule has 74 valence electrons. The summed E-state index contributed by atoms with van der Waals surface area (Å²) in [7, 11) is 0. The number of aromatic amines is 1. The zero-order chi connectivity index (χ0) is 10.4. The van der Waals surface area contributed by atoms with E-state index in [4.69, 9.17) is 0 Å². The van der Waals surface area contributed by atoms with Gasteiger partial charge in [0.15, 0.2) is 11.5 Å². The monoisotopic (exact) mass is 199 g/mol. The Balaban J connectivity index is 2.56. The minimum atomic E-state index is -0.103. The Morgan fingerprint density at radius 2 is 1.53 bits per heavy atom. The van der Waals surface area contributed by atoms with Crippen LogP contribution in [-0.4, -0.2) is 15.2 Å². The number of aromatic nitrogens is 1. The van der Waals surface area contributed by atoms with Crippen LogP contribution >= 0.6 is 0 Å². The summed E-state index contributed by atoms with van der Waals surface area (Å²) in [4.78, 5) is 3.17. The molecule has 2 aromatic carbocycles. The van der Waals surface area contributed by atoms with Crippen molar-refractivity contribution in [3.05, 3.63) is 36.4 Å². The second kappa shape index (κ2) is 2.67. The van der Waals surface area contributed by atoms with Crippen LogP contribution in [0.1, 0.15) is 0 Å². The molecule has 0 aliphatic carbocycles. The van der Waals surface area contributed by atoms with Crippen molar-refractivity contribution in [3.8, 4) is 11.5 Å². The summed E-state index contributed by atoms with van der Waals surface area (Å²) in [5, 5.41) is 20.8. The molecule has 0 saturated heterocycles. The molecule has 1 heterocycles. The van der Waals surface area contributed by atoms with Gasteiger partial charge in [0, 0.05) is 22.4 Å². The van der Waals surface area contributed by atoms with Crippen LogP contribution in [0, 0.1) is 0 Å². The van der Waals surface area contributed by atoms with Gasteiger partial charge in [0.2, 0.25) is 0 Å². The molecule has 15 heavy (non-hydrogen) atoms. The summed E-state index contributed by atoms with van der Waals surface area (Å²) in [6, 6.07) is 10.9. The molecule has 0 saturated carbocycles. The number of benzene rings is 2. The molecule has 3 aromatic rings. The van der Waals surface area contributed by atoms with Gasteiger partial charge in [-0.25, -0.2) is 0 Å². The molecule has 0 atom stereocenters. The molecule has 0 radical (unpaired) electrons. The predicted molar refractivity (Wildman–Crippen MR) is 59.1 cm³/mol. The lowest BCUT2D eigenvalue weighted by Gasteiger charge is -1.96. The number of para-hydroxylation sites is 1. The summed E-state index contributed by atoms with van der Waals surface area (Å²) in [6.45, 7) is 0. The van der Waals surface area contributed by atoms with Crippen LogP contribution in [-0.2, 0) is 0 Å². The van der Waals surface area contributed by atoms with Crippen LogP contribution in [0.15, 0.2) is 36.4 Å². The van der Waals surface area contributed by atoms with E-state index in [9.17, 15) is 10.2 Å². The predicted octanol–water partition coefficient (Wildman–Crippen LogP) is 2.73. The van der Waals surface area contributed by atoms with Crippen molar-refractivity contribution in [1.82, 2.24) is 4.98 Å². The molecule has 0 bridgehead atoms. The Bertz CT molecular complexity index is 655. The Kier molecular flexibility index (Phi) is 1.45. The number of fused-ring (bicyclic) bond motifs is 3. The first-order valence-electron chi connectivity index (χ1n) is 4.68. The van der Waals surface area contributed by atoms with Gasteiger partial charge >= 0.3 is 0 Å². The molecule has 3 nitrogen and oxygen atoms in total. The standard InChI is InChI=1S/C12H9NO2/c14-11-5-8-7-3-1-2-4-9(7)13-10(8)6-12(11)15/h1-6,13-15H. The third-order valence-electron chi connectivity index (χ3n) is 2.60. The van der Waals surface area contributed by atoms with Crippen LogP contribution in [0.25, 0.3) is 21.8 Å². The lowest BCUT2D eigenvalue weighted by molar-refractivity contribution is 0.405. The van der Waals surface area contributed by atoms with Crippen molar-refractivity contribution in [2.75, 3.05) is 0 Å². The molecule has 0 spiro atoms. The smallest absolute Gasteiger partial charge is 0.159 e. The van der Waals surface area contributed by atoms with E-state index >= 15 is 0 Å². The fourth-order valence-corrected chi connectivity index (χ4v) is 1.88. The number of H-pyrrole nitrogens is 1. The van der Waals surface area contributed by atoms with Crippen LogP contribution in [0.4, 0.5) is 0 Å². The zero-order valence-corrected chi connectivity index (χ0v) is 7.86. The van der Waals surface area contributed by atoms with E-state index in [-0.39, 0.29) is 11.5 Å². The van der Waals surface area contributed by atoms with Gasteiger partial charge in [0.25, 0.3) is 0 Å². The van der Waals surface area contributed by atoms with E-state index in [0.717, 1.165) is 21.8 Å². The lowest BCUT2D eigenvalue weighted by Crippen LogP contribution is -1.70. The highest BCUT2D eigenvalue weighted by molar-refractivity contribution is 6.08. The molecule has 0 aliphatic heterocycles. The molecule has 3 rings (SSSR count). The third-order valence-corrected chi connectivity index (χ3v) is 2.60. The van der Waals surface area contributed by atoms with Gasteiger partial charge in [0.1, 0.15) is 0 Å². The maximum absolute atomic E-state index is 9.43. The number of phenolic OH excluding ortho intramolecular Hbond substituents is 2. The van der Waals surface area contributed by atoms with Crippen molar-refractivity contribution in [2.24, 2.45) is 0 Å². The molecule has 1 aromatic heterocycles. The van der Waals surface area contributed by atoms with Crippen molar-refractivity contribution in [1.29, 1.82) is 0 Å². The average molecular weight is 199 g/mol. The minimum absolute atomic E-state index is 0.0905. The summed E-state index contributed by atoms with van der Waals surface area (Å²) < 4.78 is 0. The first-order chi connectivity index (χ1) is 7.25. The maximum atomic E-state index is 9.43. The Morgan fingerprint density at radius 3 is 2.40 bits per heavy atom. The maximum Gasteiger partial charge on any atom is 0.159 e. The van der Waals surface area contributed by atoms with Gasteiger partial charge in [-0.05, 0) is 12.1 Å². The van der Waals surface area contributed by atoms with Gasteiger partial charge in [-0.3, -0.25) is 0 Å². The van der Waals surface area contributed by atoms with E-state index in [1.807, 2.05) is 24.3 Å². The molecule has 3 heteroatoms. The molecule has 3 N–H and O–H groups in total. The zero-order valence-electron chi connectivity index (χ0n) is 7.86. The summed E-state index contributed by atoms with van der Waals surface area (Å²) in [6.07, 6.45) is 0. The highest BCUT2D eigenvalue weighted by Gasteiger charge is 2.07. The van der Waals surface area contributed by atoms with Crippen molar-refractivity contribution >= 4 is 21.8 Å². The number of hydrogen-bond donors (Lipinski definition) is 3. The average Bonchev–Trinajstić information content (AvgIpc) is 2.57. The molecular formula is C12H9NO2. The van der Waals surface area contributed by atoms with Gasteiger partial charge in [-0.15, -0.1) is 0 Å². The number of hydrogen-bond acceptors (Lipinski definition) is 2. The fourth-order valence-electron chi connectivity index (χ4n) is 1.88. The van der Waals surface area contributed by atoms with Crippen LogP contribution in [0.3, 0.4) is 0 Å². The lowest BCUT2D eigenvalue weighted by atomic mass is 10.1. The summed E-state index contributed by atoms with van der Waals surface area (Å²) >= 11 is 0. The number of phenols is 2. The molecular weight excluding hydrogens is 190 g/mol. The highest BCUT2D eigenvalue weighted by Crippen LogP contribution is 2.33. The first-order valence-corrected chi connectivity index (χ1v) is 4.68. The van der Waals surface area contributed by atoms with E-state index in [0.29, 0.717) is 0 Å². The second-order valence-corrected chi connectivity index (χ2v) is 3.56. The topological polar surface area (TPSA) is 56.2 Å². The van der Waals surface area contributed by atoms with Crippen LogP contribution in [0.2, 0.25) is 0 Å². The van der Waals surface area contributed by atoms with Crippen molar-refractivity contribution in [3.63, 3.8) is 0 Å². The highest BCUT2D eigenvalue weighted by atomic mass is 16.3. The number of aromatic hydroxyl groups is 2. The largest absolute Gasteiger partial charge is 0.504 e. The molecule has 0 fully saturated rings. The van der Waals surface area contributed by atoms with Gasteiger partial charge in [0.05, 0.1) is 5.52 Å². The Labute approximate surface area is 85.6 Å². The second-order valence-electron chi connectivity index (χ2n) is 3.56. The minimum Gasteiger partial charge on any atom is -0.504 e. The third kappa shape index (κ3) is 1.06. The molecule has 0 amide bonds. The van der Waals surface area contributed by atoms with E-state index in [2.05, 4.69) is 4.98 Å².